The lowest BCUT2D eigenvalue weighted by Crippen LogP contribution is -2.41. The Labute approximate surface area is 104 Å². The Morgan fingerprint density at radius 1 is 1.53 bits per heavy atom. The minimum Gasteiger partial charge on any atom is -0.381 e. The summed E-state index contributed by atoms with van der Waals surface area (Å²) in [5.41, 5.74) is 0. The topological polar surface area (TPSA) is 41.6 Å². The van der Waals surface area contributed by atoms with Crippen molar-refractivity contribution in [3.05, 3.63) is 0 Å². The lowest BCUT2D eigenvalue weighted by molar-refractivity contribution is -0.130. The molecule has 17 heavy (non-hydrogen) atoms. The van der Waals surface area contributed by atoms with E-state index >= 15 is 0 Å². The number of amides is 1. The van der Waals surface area contributed by atoms with Gasteiger partial charge in [0.15, 0.2) is 0 Å². The van der Waals surface area contributed by atoms with E-state index in [1.54, 1.807) is 0 Å². The zero-order valence-corrected chi connectivity index (χ0v) is 11.1. The zero-order valence-electron chi connectivity index (χ0n) is 11.1. The molecule has 0 aromatic heterocycles. The van der Waals surface area contributed by atoms with E-state index in [9.17, 15) is 4.79 Å². The monoisotopic (exact) mass is 240 g/mol. The molecule has 4 nitrogen and oxygen atoms in total. The highest BCUT2D eigenvalue weighted by molar-refractivity contribution is 5.83. The van der Waals surface area contributed by atoms with Gasteiger partial charge in [0.2, 0.25) is 5.91 Å². The number of carbonyl (C=O) groups is 1. The maximum absolute atomic E-state index is 12.1. The highest BCUT2D eigenvalue weighted by Gasteiger charge is 2.37. The molecule has 0 aromatic carbocycles. The minimum atomic E-state index is -0.0268. The number of hydrogen-bond acceptors (Lipinski definition) is 3. The summed E-state index contributed by atoms with van der Waals surface area (Å²) in [5.74, 6) is 1.39. The summed E-state index contributed by atoms with van der Waals surface area (Å²) in [4.78, 5) is 14.1. The summed E-state index contributed by atoms with van der Waals surface area (Å²) in [6.07, 6.45) is 2.34. The number of hydrogen-bond donors (Lipinski definition) is 1. The molecular formula is C13H24N2O2. The van der Waals surface area contributed by atoms with Gasteiger partial charge in [0.05, 0.1) is 18.8 Å². The number of carbonyl (C=O) groups excluding carboxylic acids is 1. The van der Waals surface area contributed by atoms with Gasteiger partial charge >= 0.3 is 0 Å². The van der Waals surface area contributed by atoms with Crippen molar-refractivity contribution in [1.29, 1.82) is 0 Å². The number of rotatable bonds is 4. The molecule has 2 rings (SSSR count). The fourth-order valence-corrected chi connectivity index (χ4v) is 2.72. The SMILES string of the molecule is CC(C)CC1NC(C)C(=O)N1CC1CCOC1. The maximum atomic E-state index is 12.1. The van der Waals surface area contributed by atoms with Gasteiger partial charge in [-0.15, -0.1) is 0 Å². The van der Waals surface area contributed by atoms with Crippen LogP contribution in [0.4, 0.5) is 0 Å². The number of nitrogens with zero attached hydrogens (tertiary/aromatic N) is 1. The van der Waals surface area contributed by atoms with Gasteiger partial charge in [-0.1, -0.05) is 13.8 Å². The molecule has 0 saturated carbocycles. The van der Waals surface area contributed by atoms with Gasteiger partial charge in [-0.05, 0) is 25.7 Å². The fourth-order valence-electron chi connectivity index (χ4n) is 2.72. The van der Waals surface area contributed by atoms with E-state index in [4.69, 9.17) is 4.74 Å². The van der Waals surface area contributed by atoms with E-state index < -0.39 is 0 Å². The molecular weight excluding hydrogens is 216 g/mol. The molecule has 0 aliphatic carbocycles. The molecule has 0 bridgehead atoms. The standard InChI is InChI=1S/C13H24N2O2/c1-9(2)6-12-14-10(3)13(16)15(12)7-11-4-5-17-8-11/h9-12,14H,4-8H2,1-3H3. The van der Waals surface area contributed by atoms with Crippen LogP contribution in [0.1, 0.15) is 33.6 Å². The molecule has 1 amide bonds. The Balaban J connectivity index is 1.96. The summed E-state index contributed by atoms with van der Waals surface area (Å²) in [6, 6.07) is -0.0268. The molecule has 0 radical (unpaired) electrons. The van der Waals surface area contributed by atoms with E-state index in [0.29, 0.717) is 11.8 Å². The normalized spacial score (nSPS) is 34.0. The highest BCUT2D eigenvalue weighted by Crippen LogP contribution is 2.22. The molecule has 3 atom stereocenters. The van der Waals surface area contributed by atoms with Crippen LogP contribution >= 0.6 is 0 Å². The number of nitrogens with one attached hydrogen (secondary N) is 1. The minimum absolute atomic E-state index is 0.0268. The predicted molar refractivity (Wildman–Crippen MR) is 66.5 cm³/mol. The molecule has 1 N–H and O–H groups in total. The average molecular weight is 240 g/mol. The summed E-state index contributed by atoms with van der Waals surface area (Å²) in [5, 5.41) is 3.39. The maximum Gasteiger partial charge on any atom is 0.240 e. The van der Waals surface area contributed by atoms with Crippen LogP contribution < -0.4 is 5.32 Å². The third kappa shape index (κ3) is 2.99. The van der Waals surface area contributed by atoms with Crippen molar-refractivity contribution >= 4 is 5.91 Å². The van der Waals surface area contributed by atoms with Crippen molar-refractivity contribution in [3.8, 4) is 0 Å². The second-order valence-corrected chi connectivity index (χ2v) is 5.75. The molecule has 2 heterocycles. The summed E-state index contributed by atoms with van der Waals surface area (Å²) in [6.45, 7) is 8.88. The van der Waals surface area contributed by atoms with Crippen LogP contribution in [0.5, 0.6) is 0 Å². The van der Waals surface area contributed by atoms with E-state index in [0.717, 1.165) is 32.6 Å². The number of ether oxygens (including phenoxy) is 1. The first-order valence-corrected chi connectivity index (χ1v) is 6.72. The second-order valence-electron chi connectivity index (χ2n) is 5.75. The predicted octanol–water partition coefficient (Wildman–Crippen LogP) is 1.22. The van der Waals surface area contributed by atoms with E-state index in [1.807, 2.05) is 11.8 Å². The van der Waals surface area contributed by atoms with Crippen molar-refractivity contribution in [1.82, 2.24) is 10.2 Å². The van der Waals surface area contributed by atoms with Crippen molar-refractivity contribution in [3.63, 3.8) is 0 Å². The van der Waals surface area contributed by atoms with Crippen LogP contribution in [0.2, 0.25) is 0 Å². The van der Waals surface area contributed by atoms with Crippen LogP contribution in [0.15, 0.2) is 0 Å². The van der Waals surface area contributed by atoms with Crippen molar-refractivity contribution < 1.29 is 9.53 Å². The van der Waals surface area contributed by atoms with E-state index in [2.05, 4.69) is 19.2 Å². The molecule has 2 aliphatic heterocycles. The quantitative estimate of drug-likeness (QED) is 0.803. The average Bonchev–Trinajstić information content (AvgIpc) is 2.83. The first kappa shape index (κ1) is 12.8. The molecule has 3 unspecified atom stereocenters. The van der Waals surface area contributed by atoms with Crippen LogP contribution in [0.25, 0.3) is 0 Å². The molecule has 0 spiro atoms. The lowest BCUT2D eigenvalue weighted by Gasteiger charge is -2.27. The summed E-state index contributed by atoms with van der Waals surface area (Å²) in [7, 11) is 0. The molecule has 2 saturated heterocycles. The Bertz CT molecular complexity index is 275. The molecule has 4 heteroatoms. The third-order valence-corrected chi connectivity index (χ3v) is 3.65. The summed E-state index contributed by atoms with van der Waals surface area (Å²) >= 11 is 0. The van der Waals surface area contributed by atoms with Gasteiger partial charge in [0.1, 0.15) is 0 Å². The van der Waals surface area contributed by atoms with E-state index in [-0.39, 0.29) is 18.1 Å². The van der Waals surface area contributed by atoms with Gasteiger partial charge in [-0.25, -0.2) is 0 Å². The van der Waals surface area contributed by atoms with Crippen LogP contribution in [-0.4, -0.2) is 42.8 Å². The first-order valence-electron chi connectivity index (χ1n) is 6.72. The highest BCUT2D eigenvalue weighted by atomic mass is 16.5. The van der Waals surface area contributed by atoms with Crippen LogP contribution in [0.3, 0.4) is 0 Å². The smallest absolute Gasteiger partial charge is 0.240 e. The van der Waals surface area contributed by atoms with Crippen LogP contribution in [0, 0.1) is 11.8 Å². The largest absolute Gasteiger partial charge is 0.381 e. The molecule has 2 fully saturated rings. The molecule has 98 valence electrons. The Kier molecular flexibility index (Phi) is 4.05. The van der Waals surface area contributed by atoms with Gasteiger partial charge in [-0.2, -0.15) is 0 Å². The van der Waals surface area contributed by atoms with Crippen molar-refractivity contribution in [2.45, 2.75) is 45.8 Å². The molecule has 0 aromatic rings. The summed E-state index contributed by atoms with van der Waals surface area (Å²) < 4.78 is 5.39. The fraction of sp³-hybridized carbons (Fsp3) is 0.923. The first-order chi connectivity index (χ1) is 8.08. The third-order valence-electron chi connectivity index (χ3n) is 3.65. The van der Waals surface area contributed by atoms with Gasteiger partial charge < -0.3 is 9.64 Å². The van der Waals surface area contributed by atoms with Gasteiger partial charge in [0.25, 0.3) is 0 Å². The van der Waals surface area contributed by atoms with Gasteiger partial charge in [-0.3, -0.25) is 10.1 Å². The van der Waals surface area contributed by atoms with Crippen molar-refractivity contribution in [2.24, 2.45) is 11.8 Å². The van der Waals surface area contributed by atoms with Gasteiger partial charge in [0, 0.05) is 19.1 Å². The Hall–Kier alpha value is -0.610. The second kappa shape index (κ2) is 5.36. The Morgan fingerprint density at radius 3 is 2.88 bits per heavy atom. The van der Waals surface area contributed by atoms with Crippen LogP contribution in [-0.2, 0) is 9.53 Å². The van der Waals surface area contributed by atoms with E-state index in [1.165, 1.54) is 0 Å². The lowest BCUT2D eigenvalue weighted by atomic mass is 10.1. The zero-order chi connectivity index (χ0) is 12.4. The van der Waals surface area contributed by atoms with Crippen molar-refractivity contribution in [2.75, 3.05) is 19.8 Å². The Morgan fingerprint density at radius 2 is 2.29 bits per heavy atom. The molecule has 2 aliphatic rings.